The topological polar surface area (TPSA) is 46.2 Å². The Balaban J connectivity index is 2.66. The predicted octanol–water partition coefficient (Wildman–Crippen LogP) is 3.54. The van der Waals surface area contributed by atoms with Crippen LogP contribution < -0.4 is 5.32 Å². The zero-order valence-corrected chi connectivity index (χ0v) is 14.6. The zero-order chi connectivity index (χ0) is 15.3. The monoisotopic (exact) mass is 303 g/mol. The van der Waals surface area contributed by atoms with Crippen LogP contribution >= 0.6 is 0 Å². The van der Waals surface area contributed by atoms with Crippen molar-refractivity contribution < 1.29 is 8.42 Å². The molecule has 0 aromatic heterocycles. The molecular formula is C16H33NO2S. The molecule has 1 aliphatic carbocycles. The van der Waals surface area contributed by atoms with Gasteiger partial charge in [-0.1, -0.05) is 26.2 Å². The van der Waals surface area contributed by atoms with E-state index in [1.54, 1.807) is 0 Å². The van der Waals surface area contributed by atoms with Gasteiger partial charge in [-0.15, -0.1) is 0 Å². The lowest BCUT2D eigenvalue weighted by Crippen LogP contribution is -2.40. The molecule has 1 rings (SSSR count). The lowest BCUT2D eigenvalue weighted by Gasteiger charge is -2.38. The van der Waals surface area contributed by atoms with Crippen molar-refractivity contribution in [1.29, 1.82) is 0 Å². The van der Waals surface area contributed by atoms with E-state index in [9.17, 15) is 8.42 Å². The Bertz CT molecular complexity index is 376. The second-order valence-corrected chi connectivity index (χ2v) is 10.3. The van der Waals surface area contributed by atoms with Crippen molar-refractivity contribution in [2.45, 2.75) is 77.4 Å². The Morgan fingerprint density at radius 1 is 1.10 bits per heavy atom. The lowest BCUT2D eigenvalue weighted by molar-refractivity contribution is 0.175. The summed E-state index contributed by atoms with van der Waals surface area (Å²) >= 11 is 0. The molecule has 0 amide bonds. The van der Waals surface area contributed by atoms with Gasteiger partial charge in [0.25, 0.3) is 0 Å². The van der Waals surface area contributed by atoms with Crippen molar-refractivity contribution in [3.8, 4) is 0 Å². The molecule has 1 saturated carbocycles. The molecule has 20 heavy (non-hydrogen) atoms. The van der Waals surface area contributed by atoms with Crippen LogP contribution in [0.15, 0.2) is 0 Å². The maximum atomic E-state index is 12.3. The summed E-state index contributed by atoms with van der Waals surface area (Å²) in [6, 6.07) is 0. The fourth-order valence-corrected chi connectivity index (χ4v) is 4.32. The van der Waals surface area contributed by atoms with E-state index in [4.69, 9.17) is 0 Å². The van der Waals surface area contributed by atoms with Gasteiger partial charge < -0.3 is 5.32 Å². The van der Waals surface area contributed by atoms with Crippen LogP contribution in [0.1, 0.15) is 72.6 Å². The minimum Gasteiger partial charge on any atom is -0.316 e. The average Bonchev–Trinajstić information content (AvgIpc) is 2.37. The third-order valence-corrected chi connectivity index (χ3v) is 7.28. The summed E-state index contributed by atoms with van der Waals surface area (Å²) in [5.41, 5.74) is 0.214. The molecule has 1 fully saturated rings. The molecule has 1 aliphatic rings. The summed E-state index contributed by atoms with van der Waals surface area (Å²) in [7, 11) is -2.99. The summed E-state index contributed by atoms with van der Waals surface area (Å²) in [4.78, 5) is 0. The lowest BCUT2D eigenvalue weighted by atomic mass is 9.72. The highest BCUT2D eigenvalue weighted by atomic mass is 32.2. The summed E-state index contributed by atoms with van der Waals surface area (Å²) < 4.78 is 24.1. The van der Waals surface area contributed by atoms with Crippen LogP contribution in [0.4, 0.5) is 0 Å². The number of nitrogens with one attached hydrogen (secondary N) is 1. The minimum absolute atomic E-state index is 0.214. The van der Waals surface area contributed by atoms with Crippen LogP contribution in [0.25, 0.3) is 0 Å². The molecule has 0 aromatic carbocycles. The van der Waals surface area contributed by atoms with Gasteiger partial charge in [0.2, 0.25) is 0 Å². The SMILES string of the molecule is CCCNCC1(CCS(=O)(=O)C(C)(C)C)CCCCC1. The van der Waals surface area contributed by atoms with Crippen LogP contribution in [0.2, 0.25) is 0 Å². The number of hydrogen-bond donors (Lipinski definition) is 1. The molecule has 3 nitrogen and oxygen atoms in total. The second-order valence-electron chi connectivity index (χ2n) is 7.42. The van der Waals surface area contributed by atoms with Crippen molar-refractivity contribution in [1.82, 2.24) is 5.32 Å². The van der Waals surface area contributed by atoms with Crippen molar-refractivity contribution in [3.05, 3.63) is 0 Å². The van der Waals surface area contributed by atoms with E-state index in [0.29, 0.717) is 5.75 Å². The molecule has 0 aliphatic heterocycles. The maximum absolute atomic E-state index is 12.3. The Labute approximate surface area is 125 Å². The van der Waals surface area contributed by atoms with Crippen LogP contribution in [0, 0.1) is 5.41 Å². The molecule has 120 valence electrons. The van der Waals surface area contributed by atoms with Gasteiger partial charge in [0.1, 0.15) is 0 Å². The molecule has 0 spiro atoms. The third kappa shape index (κ3) is 5.03. The van der Waals surface area contributed by atoms with Crippen LogP contribution in [-0.4, -0.2) is 32.0 Å². The highest BCUT2D eigenvalue weighted by Gasteiger charge is 2.36. The van der Waals surface area contributed by atoms with Crippen LogP contribution in [0.3, 0.4) is 0 Å². The van der Waals surface area contributed by atoms with Crippen molar-refractivity contribution in [2.75, 3.05) is 18.8 Å². The first kappa shape index (κ1) is 18.0. The molecule has 0 radical (unpaired) electrons. The molecule has 0 bridgehead atoms. The first-order valence-corrected chi connectivity index (χ1v) is 9.81. The highest BCUT2D eigenvalue weighted by Crippen LogP contribution is 2.39. The van der Waals surface area contributed by atoms with Crippen molar-refractivity contribution >= 4 is 9.84 Å². The van der Waals surface area contributed by atoms with Gasteiger partial charge in [-0.3, -0.25) is 0 Å². The van der Waals surface area contributed by atoms with E-state index >= 15 is 0 Å². The normalized spacial score (nSPS) is 20.0. The Morgan fingerprint density at radius 3 is 2.20 bits per heavy atom. The molecule has 0 atom stereocenters. The molecule has 0 heterocycles. The van der Waals surface area contributed by atoms with E-state index in [1.165, 1.54) is 32.1 Å². The first-order chi connectivity index (χ1) is 9.22. The Kier molecular flexibility index (Phi) is 6.52. The summed E-state index contributed by atoms with van der Waals surface area (Å²) in [5.74, 6) is 0.338. The molecule has 1 N–H and O–H groups in total. The molecular weight excluding hydrogens is 270 g/mol. The van der Waals surface area contributed by atoms with Gasteiger partial charge in [0.05, 0.1) is 10.5 Å². The van der Waals surface area contributed by atoms with Gasteiger partial charge in [-0.25, -0.2) is 8.42 Å². The van der Waals surface area contributed by atoms with Gasteiger partial charge in [0.15, 0.2) is 9.84 Å². The zero-order valence-electron chi connectivity index (χ0n) is 13.8. The van der Waals surface area contributed by atoms with Crippen molar-refractivity contribution in [3.63, 3.8) is 0 Å². The first-order valence-electron chi connectivity index (χ1n) is 8.15. The Morgan fingerprint density at radius 2 is 1.70 bits per heavy atom. The summed E-state index contributed by atoms with van der Waals surface area (Å²) in [6.07, 6.45) is 8.14. The smallest absolute Gasteiger partial charge is 0.155 e. The molecule has 0 saturated heterocycles. The van der Waals surface area contributed by atoms with Crippen LogP contribution in [-0.2, 0) is 9.84 Å². The van der Waals surface area contributed by atoms with Crippen LogP contribution in [0.5, 0.6) is 0 Å². The summed E-state index contributed by atoms with van der Waals surface area (Å²) in [6.45, 7) is 9.63. The minimum atomic E-state index is -2.99. The van der Waals surface area contributed by atoms with E-state index in [-0.39, 0.29) is 5.41 Å². The second kappa shape index (κ2) is 7.26. The van der Waals surface area contributed by atoms with E-state index in [1.807, 2.05) is 20.8 Å². The summed E-state index contributed by atoms with van der Waals surface area (Å²) in [5, 5.41) is 3.53. The van der Waals surface area contributed by atoms with Gasteiger partial charge >= 0.3 is 0 Å². The largest absolute Gasteiger partial charge is 0.316 e. The standard InChI is InChI=1S/C16H33NO2S/c1-5-12-17-14-16(9-7-6-8-10-16)11-13-20(18,19)15(2,3)4/h17H,5-14H2,1-4H3. The van der Waals surface area contributed by atoms with E-state index in [2.05, 4.69) is 12.2 Å². The molecule has 0 aromatic rings. The number of sulfone groups is 1. The third-order valence-electron chi connectivity index (χ3n) is 4.68. The molecule has 0 unspecified atom stereocenters. The number of hydrogen-bond acceptors (Lipinski definition) is 3. The predicted molar refractivity (Wildman–Crippen MR) is 86.8 cm³/mol. The van der Waals surface area contributed by atoms with E-state index < -0.39 is 14.6 Å². The van der Waals surface area contributed by atoms with Gasteiger partial charge in [0, 0.05) is 6.54 Å². The maximum Gasteiger partial charge on any atom is 0.155 e. The fraction of sp³-hybridized carbons (Fsp3) is 1.00. The number of rotatable bonds is 7. The molecule has 4 heteroatoms. The Hall–Kier alpha value is -0.0900. The van der Waals surface area contributed by atoms with Gasteiger partial charge in [-0.2, -0.15) is 0 Å². The van der Waals surface area contributed by atoms with E-state index in [0.717, 1.165) is 25.9 Å². The van der Waals surface area contributed by atoms with Gasteiger partial charge in [-0.05, 0) is 58.4 Å². The highest BCUT2D eigenvalue weighted by molar-refractivity contribution is 7.92. The quantitative estimate of drug-likeness (QED) is 0.732. The average molecular weight is 304 g/mol. The van der Waals surface area contributed by atoms with Crippen molar-refractivity contribution in [2.24, 2.45) is 5.41 Å². The fourth-order valence-electron chi connectivity index (χ4n) is 3.00.